The Hall–Kier alpha value is -4.22. The van der Waals surface area contributed by atoms with E-state index in [1.807, 2.05) is 0 Å². The van der Waals surface area contributed by atoms with Gasteiger partial charge in [-0.15, -0.1) is 0 Å². The van der Waals surface area contributed by atoms with Gasteiger partial charge in [-0.25, -0.2) is 4.79 Å². The van der Waals surface area contributed by atoms with Crippen LogP contribution in [0, 0.1) is 0 Å². The van der Waals surface area contributed by atoms with E-state index in [0.29, 0.717) is 37.1 Å². The van der Waals surface area contributed by atoms with E-state index in [1.54, 1.807) is 24.3 Å². The monoisotopic (exact) mass is 487 g/mol. The lowest BCUT2D eigenvalue weighted by atomic mass is 10.2. The summed E-state index contributed by atoms with van der Waals surface area (Å²) < 4.78 is 4.68. The van der Waals surface area contributed by atoms with Crippen LogP contribution < -0.4 is 21.7 Å². The van der Waals surface area contributed by atoms with Crippen LogP contribution in [0.15, 0.2) is 36.4 Å². The van der Waals surface area contributed by atoms with Crippen molar-refractivity contribution in [1.82, 2.24) is 15.5 Å². The van der Waals surface area contributed by atoms with Gasteiger partial charge in [0.05, 0.1) is 6.54 Å². The summed E-state index contributed by atoms with van der Waals surface area (Å²) in [4.78, 5) is 70.9. The summed E-state index contributed by atoms with van der Waals surface area (Å²) >= 11 is 0. The normalized spacial score (nSPS) is 13.3. The van der Waals surface area contributed by atoms with E-state index in [0.717, 1.165) is 4.90 Å². The minimum Gasteiger partial charge on any atom is -0.445 e. The highest BCUT2D eigenvalue weighted by Gasteiger charge is 2.22. The second kappa shape index (κ2) is 13.5. The van der Waals surface area contributed by atoms with Crippen LogP contribution in [0.4, 0.5) is 10.5 Å². The first kappa shape index (κ1) is 27.0. The number of nitrogens with zero attached hydrogens (tertiary/aromatic N) is 1. The number of primary amides is 1. The Morgan fingerprint density at radius 1 is 0.971 bits per heavy atom. The second-order valence-electron chi connectivity index (χ2n) is 7.83. The summed E-state index contributed by atoms with van der Waals surface area (Å²) in [5.41, 5.74) is 6.08. The van der Waals surface area contributed by atoms with Crippen LogP contribution in [-0.4, -0.2) is 59.7 Å². The average Bonchev–Trinajstić information content (AvgIpc) is 3.14. The lowest BCUT2D eigenvalue weighted by Crippen LogP contribution is -2.45. The number of unbranched alkanes of at least 4 members (excludes halogenated alkanes) is 2. The fourth-order valence-corrected chi connectivity index (χ4v) is 3.10. The first-order chi connectivity index (χ1) is 16.7. The van der Waals surface area contributed by atoms with Crippen molar-refractivity contribution in [2.24, 2.45) is 5.73 Å². The Labute approximate surface area is 202 Å². The molecule has 35 heavy (non-hydrogen) atoms. The van der Waals surface area contributed by atoms with Crippen molar-refractivity contribution >= 4 is 41.3 Å². The Kier molecular flexibility index (Phi) is 10.4. The number of benzene rings is 1. The van der Waals surface area contributed by atoms with E-state index >= 15 is 0 Å². The number of rotatable bonds is 13. The molecule has 12 heteroatoms. The molecule has 0 aromatic heterocycles. The third-order valence-corrected chi connectivity index (χ3v) is 5.01. The van der Waals surface area contributed by atoms with E-state index in [4.69, 9.17) is 5.73 Å². The molecular formula is C23H29N5O7. The third-order valence-electron chi connectivity index (χ3n) is 5.01. The van der Waals surface area contributed by atoms with Crippen molar-refractivity contribution in [2.45, 2.75) is 45.3 Å². The van der Waals surface area contributed by atoms with Gasteiger partial charge in [-0.05, 0) is 37.5 Å². The van der Waals surface area contributed by atoms with Crippen LogP contribution in [0.3, 0.4) is 0 Å². The fourth-order valence-electron chi connectivity index (χ4n) is 3.10. The molecule has 0 spiro atoms. The second-order valence-corrected chi connectivity index (χ2v) is 7.83. The molecule has 2 rings (SSSR count). The van der Waals surface area contributed by atoms with Crippen LogP contribution in [-0.2, 0) is 35.3 Å². The smallest absolute Gasteiger partial charge is 0.404 e. The topological polar surface area (TPSA) is 177 Å². The molecule has 0 saturated heterocycles. The predicted octanol–water partition coefficient (Wildman–Crippen LogP) is 0.327. The minimum absolute atomic E-state index is 0.0140. The van der Waals surface area contributed by atoms with Crippen molar-refractivity contribution in [3.63, 3.8) is 0 Å². The van der Waals surface area contributed by atoms with Gasteiger partial charge < -0.3 is 26.4 Å². The lowest BCUT2D eigenvalue weighted by molar-refractivity contribution is -0.137. The molecule has 0 aliphatic carbocycles. The average molecular weight is 488 g/mol. The van der Waals surface area contributed by atoms with Gasteiger partial charge in [0.1, 0.15) is 12.6 Å². The predicted molar refractivity (Wildman–Crippen MR) is 124 cm³/mol. The molecule has 1 heterocycles. The van der Waals surface area contributed by atoms with Crippen molar-refractivity contribution in [1.29, 1.82) is 0 Å². The van der Waals surface area contributed by atoms with Gasteiger partial charge in [0, 0.05) is 30.8 Å². The maximum atomic E-state index is 12.3. The van der Waals surface area contributed by atoms with E-state index in [-0.39, 0.29) is 37.3 Å². The largest absolute Gasteiger partial charge is 0.445 e. The molecular weight excluding hydrogens is 458 g/mol. The number of hydrogen-bond donors (Lipinski definition) is 4. The summed E-state index contributed by atoms with van der Waals surface area (Å²) in [6, 6.07) is 5.69. The van der Waals surface area contributed by atoms with Gasteiger partial charge in [-0.1, -0.05) is 18.6 Å². The van der Waals surface area contributed by atoms with Gasteiger partial charge in [0.2, 0.25) is 17.7 Å². The van der Waals surface area contributed by atoms with Crippen LogP contribution in [0.5, 0.6) is 0 Å². The molecule has 5 N–H and O–H groups in total. The first-order valence-corrected chi connectivity index (χ1v) is 11.1. The minimum atomic E-state index is -0.883. The molecule has 1 unspecified atom stereocenters. The lowest BCUT2D eigenvalue weighted by Gasteiger charge is -2.15. The molecule has 0 saturated carbocycles. The number of hydrogen-bond acceptors (Lipinski definition) is 7. The van der Waals surface area contributed by atoms with Crippen molar-refractivity contribution in [3.05, 3.63) is 42.0 Å². The molecule has 1 atom stereocenters. The molecule has 1 aromatic carbocycles. The van der Waals surface area contributed by atoms with Crippen molar-refractivity contribution in [2.75, 3.05) is 18.4 Å². The Morgan fingerprint density at radius 2 is 1.63 bits per heavy atom. The van der Waals surface area contributed by atoms with Crippen molar-refractivity contribution < 1.29 is 33.5 Å². The Bertz CT molecular complexity index is 972. The number of ether oxygens (including phenoxy) is 1. The highest BCUT2D eigenvalue weighted by molar-refractivity contribution is 6.12. The van der Waals surface area contributed by atoms with Gasteiger partial charge >= 0.3 is 6.09 Å². The molecule has 0 fully saturated rings. The van der Waals surface area contributed by atoms with E-state index in [9.17, 15) is 28.8 Å². The van der Waals surface area contributed by atoms with Gasteiger partial charge in [-0.2, -0.15) is 0 Å². The summed E-state index contributed by atoms with van der Waals surface area (Å²) in [7, 11) is 0. The van der Waals surface area contributed by atoms with Crippen molar-refractivity contribution in [3.8, 4) is 0 Å². The number of nitrogens with one attached hydrogen (secondary N) is 3. The number of nitrogens with two attached hydrogens (primary N) is 1. The van der Waals surface area contributed by atoms with Crippen LogP contribution in [0.2, 0.25) is 0 Å². The fraction of sp³-hybridized carbons (Fsp3) is 0.391. The van der Waals surface area contributed by atoms with Crippen LogP contribution >= 0.6 is 0 Å². The zero-order chi connectivity index (χ0) is 25.8. The molecule has 1 aromatic rings. The quantitative estimate of drug-likeness (QED) is 0.229. The van der Waals surface area contributed by atoms with Crippen LogP contribution in [0.1, 0.15) is 38.2 Å². The maximum Gasteiger partial charge on any atom is 0.404 e. The molecule has 1 aliphatic heterocycles. The summed E-state index contributed by atoms with van der Waals surface area (Å²) in [5, 5.41) is 7.64. The molecule has 0 radical (unpaired) electrons. The molecule has 6 amide bonds. The third kappa shape index (κ3) is 9.66. The van der Waals surface area contributed by atoms with Crippen LogP contribution in [0.25, 0.3) is 0 Å². The number of carbonyl (C=O) groups excluding carboxylic acids is 6. The SMILES string of the molecule is CC(NC(=O)CNC(=O)CCCCCN1C(=O)C=CC1=O)C(=O)Nc1ccc(COC(N)=O)cc1. The number of amides is 6. The first-order valence-electron chi connectivity index (χ1n) is 11.1. The van der Waals surface area contributed by atoms with E-state index < -0.39 is 23.9 Å². The number of imide groups is 1. The standard InChI is InChI=1S/C23H29N5O7/c1-15(22(33)27-17-8-6-16(7-9-17)14-35-23(24)34)26-19(30)13-25-18(29)5-3-2-4-12-28-20(31)10-11-21(28)32/h6-11,15H,2-5,12-14H2,1H3,(H2,24,34)(H,25,29)(H,26,30)(H,27,33). The van der Waals surface area contributed by atoms with Gasteiger partial charge in [0.25, 0.3) is 11.8 Å². The molecule has 0 bridgehead atoms. The zero-order valence-electron chi connectivity index (χ0n) is 19.4. The van der Waals surface area contributed by atoms with Gasteiger partial charge in [0.15, 0.2) is 0 Å². The summed E-state index contributed by atoms with van der Waals surface area (Å²) in [6.45, 7) is 1.56. The van der Waals surface area contributed by atoms with Gasteiger partial charge in [-0.3, -0.25) is 28.9 Å². The molecule has 12 nitrogen and oxygen atoms in total. The highest BCUT2D eigenvalue weighted by atomic mass is 16.5. The number of carbonyl (C=O) groups is 6. The number of anilines is 1. The zero-order valence-corrected chi connectivity index (χ0v) is 19.4. The van der Waals surface area contributed by atoms with E-state index in [1.165, 1.54) is 19.1 Å². The highest BCUT2D eigenvalue weighted by Crippen LogP contribution is 2.11. The molecule has 188 valence electrons. The van der Waals surface area contributed by atoms with E-state index in [2.05, 4.69) is 20.7 Å². The Morgan fingerprint density at radius 3 is 2.26 bits per heavy atom. The maximum absolute atomic E-state index is 12.3. The summed E-state index contributed by atoms with van der Waals surface area (Å²) in [5.74, 6) is -1.93. The summed E-state index contributed by atoms with van der Waals surface area (Å²) in [6.07, 6.45) is 3.55. The molecule has 1 aliphatic rings. The Balaban J connectivity index is 1.59.